The van der Waals surface area contributed by atoms with E-state index in [1.165, 1.54) is 56.4 Å². The number of benzene rings is 1. The first-order valence-corrected chi connectivity index (χ1v) is 11.0. The van der Waals surface area contributed by atoms with Crippen molar-refractivity contribution in [2.24, 2.45) is 4.99 Å². The minimum atomic E-state index is 0. The van der Waals surface area contributed by atoms with Crippen molar-refractivity contribution < 1.29 is 0 Å². The molecule has 1 aromatic heterocycles. The normalized spacial score (nSPS) is 15.3. The number of halogens is 1. The van der Waals surface area contributed by atoms with Crippen molar-refractivity contribution in [2.45, 2.75) is 52.1 Å². The van der Waals surface area contributed by atoms with Gasteiger partial charge >= 0.3 is 0 Å². The molecule has 30 heavy (non-hydrogen) atoms. The van der Waals surface area contributed by atoms with Crippen molar-refractivity contribution in [2.75, 3.05) is 33.2 Å². The molecule has 0 amide bonds. The van der Waals surface area contributed by atoms with Gasteiger partial charge in [-0.15, -0.1) is 24.0 Å². The van der Waals surface area contributed by atoms with Crippen molar-refractivity contribution in [3.05, 3.63) is 53.6 Å². The third-order valence-electron chi connectivity index (χ3n) is 5.59. The van der Waals surface area contributed by atoms with Crippen molar-refractivity contribution >= 4 is 29.9 Å². The van der Waals surface area contributed by atoms with E-state index in [2.05, 4.69) is 54.3 Å². The van der Waals surface area contributed by atoms with Crippen LogP contribution in [-0.2, 0) is 13.1 Å². The average molecular weight is 524 g/mol. The number of rotatable bonds is 8. The van der Waals surface area contributed by atoms with E-state index in [4.69, 9.17) is 0 Å². The van der Waals surface area contributed by atoms with Crippen LogP contribution in [0.3, 0.4) is 0 Å². The number of imidazole rings is 1. The molecule has 3 rings (SSSR count). The molecule has 6 nitrogen and oxygen atoms in total. The van der Waals surface area contributed by atoms with Gasteiger partial charge in [-0.25, -0.2) is 4.98 Å². The molecule has 0 atom stereocenters. The van der Waals surface area contributed by atoms with Gasteiger partial charge in [-0.1, -0.05) is 37.1 Å². The predicted molar refractivity (Wildman–Crippen MR) is 136 cm³/mol. The lowest BCUT2D eigenvalue weighted by molar-refractivity contribution is 0.282. The second-order valence-corrected chi connectivity index (χ2v) is 7.88. The standard InChI is InChI=1S/C23H36N6.HI/c1-20-25-12-16-29(20)19-22-10-7-9-21(17-22)18-27-23(24-2)26-11-8-15-28-13-5-3-4-6-14-28;/h7,9-10,12,16-17H,3-6,8,11,13-15,18-19H2,1-2H3,(H2,24,26,27);1H. The third-order valence-corrected chi connectivity index (χ3v) is 5.59. The summed E-state index contributed by atoms with van der Waals surface area (Å²) < 4.78 is 2.16. The van der Waals surface area contributed by atoms with Crippen molar-refractivity contribution in [1.29, 1.82) is 0 Å². The summed E-state index contributed by atoms with van der Waals surface area (Å²) in [5.41, 5.74) is 2.54. The van der Waals surface area contributed by atoms with Crippen molar-refractivity contribution in [3.63, 3.8) is 0 Å². The molecule has 1 aliphatic heterocycles. The molecule has 2 N–H and O–H groups in total. The Kier molecular flexibility index (Phi) is 11.2. The Bertz CT molecular complexity index is 765. The average Bonchev–Trinajstić information content (AvgIpc) is 2.97. The molecule has 7 heteroatoms. The van der Waals surface area contributed by atoms with Crippen LogP contribution >= 0.6 is 24.0 Å². The van der Waals surface area contributed by atoms with E-state index in [0.717, 1.165) is 37.8 Å². The van der Waals surface area contributed by atoms with Crippen LogP contribution in [0.4, 0.5) is 0 Å². The molecule has 0 spiro atoms. The third kappa shape index (κ3) is 8.26. The van der Waals surface area contributed by atoms with Crippen LogP contribution in [0.1, 0.15) is 49.1 Å². The number of hydrogen-bond donors (Lipinski definition) is 2. The van der Waals surface area contributed by atoms with Gasteiger partial charge in [0.15, 0.2) is 5.96 Å². The maximum absolute atomic E-state index is 4.37. The Balaban J connectivity index is 0.00000320. The van der Waals surface area contributed by atoms with E-state index in [1.54, 1.807) is 0 Å². The Labute approximate surface area is 198 Å². The fraction of sp³-hybridized carbons (Fsp3) is 0.565. The number of aliphatic imine (C=N–C) groups is 1. The summed E-state index contributed by atoms with van der Waals surface area (Å²) in [6.45, 7) is 8.32. The van der Waals surface area contributed by atoms with Crippen LogP contribution in [-0.4, -0.2) is 53.6 Å². The van der Waals surface area contributed by atoms with Crippen LogP contribution in [0.15, 0.2) is 41.7 Å². The highest BCUT2D eigenvalue weighted by atomic mass is 127. The van der Waals surface area contributed by atoms with Gasteiger partial charge in [-0.3, -0.25) is 4.99 Å². The van der Waals surface area contributed by atoms with E-state index in [9.17, 15) is 0 Å². The lowest BCUT2D eigenvalue weighted by Gasteiger charge is -2.20. The van der Waals surface area contributed by atoms with Crippen LogP contribution in [0.5, 0.6) is 0 Å². The summed E-state index contributed by atoms with van der Waals surface area (Å²) in [4.78, 5) is 11.3. The first-order chi connectivity index (χ1) is 14.2. The van der Waals surface area contributed by atoms with Crippen molar-refractivity contribution in [1.82, 2.24) is 25.1 Å². The molecular weight excluding hydrogens is 487 g/mol. The number of aromatic nitrogens is 2. The fourth-order valence-corrected chi connectivity index (χ4v) is 3.88. The van der Waals surface area contributed by atoms with Gasteiger partial charge in [0.2, 0.25) is 0 Å². The summed E-state index contributed by atoms with van der Waals surface area (Å²) in [6.07, 6.45) is 10.5. The highest BCUT2D eigenvalue weighted by Crippen LogP contribution is 2.10. The molecule has 0 saturated carbocycles. The highest BCUT2D eigenvalue weighted by Gasteiger charge is 2.08. The van der Waals surface area contributed by atoms with Gasteiger partial charge in [-0.05, 0) is 56.9 Å². The molecule has 2 aromatic rings. The number of aryl methyl sites for hydroxylation is 1. The minimum absolute atomic E-state index is 0. The fourth-order valence-electron chi connectivity index (χ4n) is 3.88. The van der Waals surface area contributed by atoms with Gasteiger partial charge in [0.1, 0.15) is 5.82 Å². The Hall–Kier alpha value is -1.61. The first-order valence-electron chi connectivity index (χ1n) is 11.0. The van der Waals surface area contributed by atoms with Gasteiger partial charge in [-0.2, -0.15) is 0 Å². The molecule has 0 bridgehead atoms. The zero-order valence-corrected chi connectivity index (χ0v) is 20.8. The molecule has 1 fully saturated rings. The largest absolute Gasteiger partial charge is 0.356 e. The van der Waals surface area contributed by atoms with Crippen LogP contribution in [0, 0.1) is 6.92 Å². The minimum Gasteiger partial charge on any atom is -0.356 e. The maximum atomic E-state index is 4.37. The molecule has 0 aliphatic carbocycles. The maximum Gasteiger partial charge on any atom is 0.191 e. The van der Waals surface area contributed by atoms with Crippen LogP contribution < -0.4 is 10.6 Å². The smallest absolute Gasteiger partial charge is 0.191 e. The first kappa shape index (κ1) is 24.7. The van der Waals surface area contributed by atoms with E-state index in [0.29, 0.717) is 0 Å². The summed E-state index contributed by atoms with van der Waals surface area (Å²) in [5, 5.41) is 6.89. The second-order valence-electron chi connectivity index (χ2n) is 7.88. The number of nitrogens with zero attached hydrogens (tertiary/aromatic N) is 4. The lowest BCUT2D eigenvalue weighted by atomic mass is 10.1. The van der Waals surface area contributed by atoms with E-state index >= 15 is 0 Å². The van der Waals surface area contributed by atoms with Gasteiger partial charge < -0.3 is 20.1 Å². The highest BCUT2D eigenvalue weighted by molar-refractivity contribution is 14.0. The Morgan fingerprint density at radius 3 is 2.57 bits per heavy atom. The summed E-state index contributed by atoms with van der Waals surface area (Å²) in [6, 6.07) is 8.69. The Morgan fingerprint density at radius 1 is 1.10 bits per heavy atom. The molecule has 1 saturated heterocycles. The van der Waals surface area contributed by atoms with Gasteiger partial charge in [0, 0.05) is 39.1 Å². The zero-order chi connectivity index (χ0) is 20.3. The monoisotopic (exact) mass is 524 g/mol. The number of nitrogens with one attached hydrogen (secondary N) is 2. The van der Waals surface area contributed by atoms with Crippen LogP contribution in [0.25, 0.3) is 0 Å². The molecule has 2 heterocycles. The molecular formula is C23H37IN6. The quantitative estimate of drug-likeness (QED) is 0.239. The van der Waals surface area contributed by atoms with Gasteiger partial charge in [0.05, 0.1) is 0 Å². The van der Waals surface area contributed by atoms with Crippen LogP contribution in [0.2, 0.25) is 0 Å². The number of hydrogen-bond acceptors (Lipinski definition) is 3. The van der Waals surface area contributed by atoms with Gasteiger partial charge in [0.25, 0.3) is 0 Å². The molecule has 0 radical (unpaired) electrons. The van der Waals surface area contributed by atoms with E-state index < -0.39 is 0 Å². The Morgan fingerprint density at radius 2 is 1.87 bits per heavy atom. The molecule has 0 unspecified atom stereocenters. The predicted octanol–water partition coefficient (Wildman–Crippen LogP) is 3.79. The summed E-state index contributed by atoms with van der Waals surface area (Å²) in [5.74, 6) is 1.91. The van der Waals surface area contributed by atoms with E-state index in [1.807, 2.05) is 26.4 Å². The van der Waals surface area contributed by atoms with E-state index in [-0.39, 0.29) is 24.0 Å². The topological polar surface area (TPSA) is 57.5 Å². The lowest BCUT2D eigenvalue weighted by Crippen LogP contribution is -2.38. The molecule has 1 aliphatic rings. The second kappa shape index (κ2) is 13.6. The number of likely N-dealkylation sites (tertiary alicyclic amines) is 1. The van der Waals surface area contributed by atoms with Crippen molar-refractivity contribution in [3.8, 4) is 0 Å². The zero-order valence-electron chi connectivity index (χ0n) is 18.4. The SMILES string of the molecule is CN=C(NCCCN1CCCCCC1)NCc1cccc(Cn2ccnc2C)c1.I. The summed E-state index contributed by atoms with van der Waals surface area (Å²) >= 11 is 0. The summed E-state index contributed by atoms with van der Waals surface area (Å²) in [7, 11) is 1.84. The molecule has 166 valence electrons. The molecule has 1 aromatic carbocycles. The number of guanidine groups is 1.